The van der Waals surface area contributed by atoms with Crippen molar-refractivity contribution in [3.63, 3.8) is 0 Å². The molecule has 0 saturated carbocycles. The first-order valence-corrected chi connectivity index (χ1v) is 10.5. The van der Waals surface area contributed by atoms with Crippen molar-refractivity contribution in [1.82, 2.24) is 0 Å². The van der Waals surface area contributed by atoms with E-state index in [1.165, 1.54) is 19.2 Å². The standard InChI is InChI=1S/C18H14ClFN2O4S2/c1-26-15-7-4-12(21-18(23)16-8-9-17(19)27-16)10-14(15)22-28(24,25)13-5-2-11(20)3-6-13/h2-10,22H,1H3,(H,21,23). The van der Waals surface area contributed by atoms with Gasteiger partial charge in [0.05, 0.1) is 26.9 Å². The zero-order valence-corrected chi connectivity index (χ0v) is 16.8. The van der Waals surface area contributed by atoms with Gasteiger partial charge in [0.1, 0.15) is 11.6 Å². The fourth-order valence-corrected chi connectivity index (χ4v) is 4.31. The lowest BCUT2D eigenvalue weighted by Crippen LogP contribution is -2.15. The van der Waals surface area contributed by atoms with Gasteiger partial charge in [-0.1, -0.05) is 11.6 Å². The van der Waals surface area contributed by atoms with Crippen LogP contribution in [0.4, 0.5) is 15.8 Å². The van der Waals surface area contributed by atoms with E-state index >= 15 is 0 Å². The molecule has 0 spiro atoms. The predicted octanol–water partition coefficient (Wildman–Crippen LogP) is 4.60. The monoisotopic (exact) mass is 440 g/mol. The van der Waals surface area contributed by atoms with Crippen LogP contribution in [0.2, 0.25) is 4.34 Å². The van der Waals surface area contributed by atoms with Crippen molar-refractivity contribution in [2.24, 2.45) is 0 Å². The summed E-state index contributed by atoms with van der Waals surface area (Å²) in [5.74, 6) is -0.674. The quantitative estimate of drug-likeness (QED) is 0.586. The SMILES string of the molecule is COc1ccc(NC(=O)c2ccc(Cl)s2)cc1NS(=O)(=O)c1ccc(F)cc1. The maximum atomic E-state index is 13.1. The molecule has 0 aliphatic heterocycles. The number of rotatable bonds is 6. The molecule has 2 N–H and O–H groups in total. The molecule has 0 aliphatic carbocycles. The molecule has 0 atom stereocenters. The van der Waals surface area contributed by atoms with Crippen molar-refractivity contribution in [3.8, 4) is 5.75 Å². The average molecular weight is 441 g/mol. The van der Waals surface area contributed by atoms with Gasteiger partial charge in [0.2, 0.25) is 0 Å². The van der Waals surface area contributed by atoms with Crippen molar-refractivity contribution in [3.05, 3.63) is 69.6 Å². The zero-order chi connectivity index (χ0) is 20.3. The number of hydrogen-bond donors (Lipinski definition) is 2. The van der Waals surface area contributed by atoms with E-state index in [1.54, 1.807) is 18.2 Å². The Bertz CT molecular complexity index is 1110. The van der Waals surface area contributed by atoms with E-state index < -0.39 is 15.8 Å². The van der Waals surface area contributed by atoms with Crippen LogP contribution in [0.3, 0.4) is 0 Å². The summed E-state index contributed by atoms with van der Waals surface area (Å²) in [6, 6.07) is 12.1. The molecule has 28 heavy (non-hydrogen) atoms. The van der Waals surface area contributed by atoms with Crippen molar-refractivity contribution in [2.45, 2.75) is 4.90 Å². The van der Waals surface area contributed by atoms with Crippen molar-refractivity contribution in [2.75, 3.05) is 17.1 Å². The number of hydrogen-bond acceptors (Lipinski definition) is 5. The first-order valence-electron chi connectivity index (χ1n) is 7.81. The average Bonchev–Trinajstić information content (AvgIpc) is 3.08. The third kappa shape index (κ3) is 4.61. The van der Waals surface area contributed by atoms with Crippen molar-refractivity contribution in [1.29, 1.82) is 0 Å². The van der Waals surface area contributed by atoms with E-state index in [2.05, 4.69) is 10.0 Å². The minimum atomic E-state index is -3.98. The summed E-state index contributed by atoms with van der Waals surface area (Å²) in [4.78, 5) is 12.6. The highest BCUT2D eigenvalue weighted by Crippen LogP contribution is 2.31. The van der Waals surface area contributed by atoms with Crippen LogP contribution in [0.1, 0.15) is 9.67 Å². The van der Waals surface area contributed by atoms with Crippen LogP contribution in [0, 0.1) is 5.82 Å². The van der Waals surface area contributed by atoms with Gasteiger partial charge in [-0.2, -0.15) is 0 Å². The Hall–Kier alpha value is -2.62. The summed E-state index contributed by atoms with van der Waals surface area (Å²) in [5.41, 5.74) is 0.473. The molecule has 6 nitrogen and oxygen atoms in total. The van der Waals surface area contributed by atoms with Gasteiger partial charge in [-0.05, 0) is 54.6 Å². The summed E-state index contributed by atoms with van der Waals surface area (Å²) in [6.07, 6.45) is 0. The van der Waals surface area contributed by atoms with Gasteiger partial charge in [0.15, 0.2) is 0 Å². The number of carbonyl (C=O) groups is 1. The summed E-state index contributed by atoms with van der Waals surface area (Å²) >= 11 is 6.96. The number of halogens is 2. The van der Waals surface area contributed by atoms with Crippen LogP contribution in [0.25, 0.3) is 0 Å². The number of thiophene rings is 1. The summed E-state index contributed by atoms with van der Waals surface area (Å²) < 4.78 is 46.2. The number of benzene rings is 2. The van der Waals surface area contributed by atoms with Crippen LogP contribution in [-0.4, -0.2) is 21.4 Å². The molecule has 0 radical (unpaired) electrons. The number of carbonyl (C=O) groups excluding carboxylic acids is 1. The third-order valence-corrected chi connectivity index (χ3v) is 6.23. The second kappa shape index (κ2) is 8.17. The van der Waals surface area contributed by atoms with E-state index in [0.29, 0.717) is 14.9 Å². The Morgan fingerprint density at radius 3 is 2.43 bits per heavy atom. The van der Waals surface area contributed by atoms with Gasteiger partial charge in [0.25, 0.3) is 15.9 Å². The Balaban J connectivity index is 1.86. The molecule has 1 amide bonds. The Morgan fingerprint density at radius 2 is 1.82 bits per heavy atom. The third-order valence-electron chi connectivity index (χ3n) is 3.62. The van der Waals surface area contributed by atoms with Gasteiger partial charge >= 0.3 is 0 Å². The van der Waals surface area contributed by atoms with Crippen LogP contribution >= 0.6 is 22.9 Å². The maximum absolute atomic E-state index is 13.1. The minimum Gasteiger partial charge on any atom is -0.495 e. The molecule has 3 rings (SSSR count). The van der Waals surface area contributed by atoms with E-state index in [-0.39, 0.29) is 22.2 Å². The zero-order valence-electron chi connectivity index (χ0n) is 14.4. The molecule has 0 unspecified atom stereocenters. The summed E-state index contributed by atoms with van der Waals surface area (Å²) in [7, 11) is -2.60. The molecular weight excluding hydrogens is 427 g/mol. The fraction of sp³-hybridized carbons (Fsp3) is 0.0556. The molecule has 0 saturated heterocycles. The molecule has 0 aliphatic rings. The van der Waals surface area contributed by atoms with E-state index in [9.17, 15) is 17.6 Å². The van der Waals surface area contributed by atoms with E-state index in [0.717, 1.165) is 35.6 Å². The minimum absolute atomic E-state index is 0.112. The second-order valence-corrected chi connectivity index (χ2v) is 8.93. The second-order valence-electron chi connectivity index (χ2n) is 5.53. The van der Waals surface area contributed by atoms with Gasteiger partial charge in [-0.15, -0.1) is 11.3 Å². The highest BCUT2D eigenvalue weighted by Gasteiger charge is 2.18. The highest BCUT2D eigenvalue weighted by atomic mass is 35.5. The first kappa shape index (κ1) is 20.1. The molecule has 1 heterocycles. The number of ether oxygens (including phenoxy) is 1. The number of anilines is 2. The molecular formula is C18H14ClFN2O4S2. The normalized spacial score (nSPS) is 11.1. The number of amides is 1. The Morgan fingerprint density at radius 1 is 1.11 bits per heavy atom. The van der Waals surface area contributed by atoms with Crippen molar-refractivity contribution >= 4 is 50.2 Å². The Kier molecular flexibility index (Phi) is 5.87. The van der Waals surface area contributed by atoms with Gasteiger partial charge in [-0.25, -0.2) is 12.8 Å². The molecule has 1 aromatic heterocycles. The fourth-order valence-electron chi connectivity index (χ4n) is 2.31. The highest BCUT2D eigenvalue weighted by molar-refractivity contribution is 7.92. The van der Waals surface area contributed by atoms with E-state index in [4.69, 9.17) is 16.3 Å². The van der Waals surface area contributed by atoms with Crippen LogP contribution in [-0.2, 0) is 10.0 Å². The topological polar surface area (TPSA) is 84.5 Å². The first-order chi connectivity index (χ1) is 13.3. The lowest BCUT2D eigenvalue weighted by Gasteiger charge is -2.14. The largest absolute Gasteiger partial charge is 0.495 e. The summed E-state index contributed by atoms with van der Waals surface area (Å²) in [6.45, 7) is 0. The maximum Gasteiger partial charge on any atom is 0.265 e. The number of sulfonamides is 1. The smallest absolute Gasteiger partial charge is 0.265 e. The van der Waals surface area contributed by atoms with Crippen LogP contribution in [0.5, 0.6) is 5.75 Å². The molecule has 146 valence electrons. The van der Waals surface area contributed by atoms with Gasteiger partial charge in [0, 0.05) is 5.69 Å². The van der Waals surface area contributed by atoms with Gasteiger partial charge < -0.3 is 10.1 Å². The van der Waals surface area contributed by atoms with Crippen LogP contribution in [0.15, 0.2) is 59.5 Å². The number of nitrogens with one attached hydrogen (secondary N) is 2. The Labute approximate surface area is 170 Å². The van der Waals surface area contributed by atoms with Gasteiger partial charge in [-0.3, -0.25) is 9.52 Å². The van der Waals surface area contributed by atoms with E-state index in [1.807, 2.05) is 0 Å². The van der Waals surface area contributed by atoms with Crippen LogP contribution < -0.4 is 14.8 Å². The summed E-state index contributed by atoms with van der Waals surface area (Å²) in [5, 5.41) is 2.67. The number of methoxy groups -OCH3 is 1. The molecule has 0 fully saturated rings. The molecule has 10 heteroatoms. The van der Waals surface area contributed by atoms with Crippen molar-refractivity contribution < 1.29 is 22.3 Å². The predicted molar refractivity (Wildman–Crippen MR) is 107 cm³/mol. The molecule has 3 aromatic rings. The molecule has 0 bridgehead atoms. The lowest BCUT2D eigenvalue weighted by molar-refractivity contribution is 0.103. The lowest BCUT2D eigenvalue weighted by atomic mass is 10.2. The molecule has 2 aromatic carbocycles.